The number of aliphatic carboxylic acids is 1. The number of benzene rings is 1. The Morgan fingerprint density at radius 3 is 2.53 bits per heavy atom. The standard InChI is InChI=1S/C15H17NO3/c1-10-8-13(10)15(19)16-9-12-4-2-11(3-5-12)6-7-14(17)18/h2-7,10,13H,8-9H2,1H3,(H,16,19)(H,17,18)/b7-6+. The van der Waals surface area contributed by atoms with Crippen LogP contribution in [-0.4, -0.2) is 17.0 Å². The summed E-state index contributed by atoms with van der Waals surface area (Å²) >= 11 is 0. The molecule has 0 aromatic heterocycles. The van der Waals surface area contributed by atoms with E-state index in [1.54, 1.807) is 0 Å². The van der Waals surface area contributed by atoms with Gasteiger partial charge in [-0.15, -0.1) is 0 Å². The number of nitrogens with one attached hydrogen (secondary N) is 1. The molecule has 0 heterocycles. The number of carbonyl (C=O) groups excluding carboxylic acids is 1. The number of hydrogen-bond donors (Lipinski definition) is 2. The van der Waals surface area contributed by atoms with Gasteiger partial charge in [-0.05, 0) is 29.5 Å². The number of rotatable bonds is 5. The van der Waals surface area contributed by atoms with Gasteiger partial charge in [-0.3, -0.25) is 4.79 Å². The van der Waals surface area contributed by atoms with Crippen LogP contribution in [0.2, 0.25) is 0 Å². The molecular formula is C15H17NO3. The highest BCUT2D eigenvalue weighted by molar-refractivity contribution is 5.85. The summed E-state index contributed by atoms with van der Waals surface area (Å²) < 4.78 is 0. The molecule has 0 bridgehead atoms. The van der Waals surface area contributed by atoms with Crippen LogP contribution in [-0.2, 0) is 16.1 Å². The fourth-order valence-electron chi connectivity index (χ4n) is 1.92. The Labute approximate surface area is 112 Å². The molecule has 4 nitrogen and oxygen atoms in total. The largest absolute Gasteiger partial charge is 0.478 e. The Kier molecular flexibility index (Phi) is 4.00. The van der Waals surface area contributed by atoms with Crippen LogP contribution in [0.4, 0.5) is 0 Å². The van der Waals surface area contributed by atoms with Gasteiger partial charge in [0.05, 0.1) is 0 Å². The van der Waals surface area contributed by atoms with Crippen molar-refractivity contribution >= 4 is 18.0 Å². The summed E-state index contributed by atoms with van der Waals surface area (Å²) in [4.78, 5) is 22.0. The monoisotopic (exact) mass is 259 g/mol. The molecule has 0 saturated heterocycles. The van der Waals surface area contributed by atoms with Crippen molar-refractivity contribution in [3.05, 3.63) is 41.5 Å². The van der Waals surface area contributed by atoms with Crippen molar-refractivity contribution in [1.29, 1.82) is 0 Å². The van der Waals surface area contributed by atoms with Gasteiger partial charge < -0.3 is 10.4 Å². The third kappa shape index (κ3) is 3.95. The predicted molar refractivity (Wildman–Crippen MR) is 72.2 cm³/mol. The summed E-state index contributed by atoms with van der Waals surface area (Å²) in [5.41, 5.74) is 1.84. The topological polar surface area (TPSA) is 66.4 Å². The lowest BCUT2D eigenvalue weighted by molar-refractivity contribution is -0.131. The molecule has 100 valence electrons. The quantitative estimate of drug-likeness (QED) is 0.795. The zero-order valence-electron chi connectivity index (χ0n) is 10.8. The molecule has 1 amide bonds. The Morgan fingerprint density at radius 1 is 1.37 bits per heavy atom. The Morgan fingerprint density at radius 2 is 2.00 bits per heavy atom. The second-order valence-corrected chi connectivity index (χ2v) is 4.95. The van der Waals surface area contributed by atoms with Gasteiger partial charge >= 0.3 is 5.97 Å². The third-order valence-electron chi connectivity index (χ3n) is 3.31. The first-order chi connectivity index (χ1) is 9.06. The highest BCUT2D eigenvalue weighted by Gasteiger charge is 2.38. The number of carboxylic acid groups (broad SMARTS) is 1. The van der Waals surface area contributed by atoms with Gasteiger partial charge in [0.2, 0.25) is 5.91 Å². The minimum absolute atomic E-state index is 0.127. The lowest BCUT2D eigenvalue weighted by atomic mass is 10.1. The zero-order valence-corrected chi connectivity index (χ0v) is 10.8. The van der Waals surface area contributed by atoms with Crippen LogP contribution >= 0.6 is 0 Å². The molecule has 1 saturated carbocycles. The molecule has 4 heteroatoms. The molecule has 0 radical (unpaired) electrons. The van der Waals surface area contributed by atoms with E-state index in [1.165, 1.54) is 6.08 Å². The Balaban J connectivity index is 1.85. The zero-order chi connectivity index (χ0) is 13.8. The number of carbonyl (C=O) groups is 2. The average Bonchev–Trinajstić information content (AvgIpc) is 3.12. The molecule has 0 aliphatic heterocycles. The van der Waals surface area contributed by atoms with Crippen molar-refractivity contribution in [2.75, 3.05) is 0 Å². The molecule has 0 spiro atoms. The Hall–Kier alpha value is -2.10. The maximum Gasteiger partial charge on any atom is 0.328 e. The number of carboxylic acids is 1. The second kappa shape index (κ2) is 5.69. The van der Waals surface area contributed by atoms with E-state index >= 15 is 0 Å². The van der Waals surface area contributed by atoms with Crippen molar-refractivity contribution in [3.63, 3.8) is 0 Å². The third-order valence-corrected chi connectivity index (χ3v) is 3.31. The van der Waals surface area contributed by atoms with Crippen LogP contribution < -0.4 is 5.32 Å². The highest BCUT2D eigenvalue weighted by Crippen LogP contribution is 2.37. The average molecular weight is 259 g/mol. The van der Waals surface area contributed by atoms with E-state index in [0.29, 0.717) is 12.5 Å². The fourth-order valence-corrected chi connectivity index (χ4v) is 1.92. The SMILES string of the molecule is CC1CC1C(=O)NCc1ccc(/C=C/C(=O)O)cc1. The lowest BCUT2D eigenvalue weighted by Crippen LogP contribution is -2.24. The van der Waals surface area contributed by atoms with E-state index in [-0.39, 0.29) is 11.8 Å². The van der Waals surface area contributed by atoms with Crippen molar-refractivity contribution in [1.82, 2.24) is 5.32 Å². The Bertz CT molecular complexity index is 505. The van der Waals surface area contributed by atoms with Gasteiger partial charge in [0.25, 0.3) is 0 Å². The van der Waals surface area contributed by atoms with Gasteiger partial charge in [0, 0.05) is 18.5 Å². The fraction of sp³-hybridized carbons (Fsp3) is 0.333. The number of hydrogen-bond acceptors (Lipinski definition) is 2. The number of amides is 1. The van der Waals surface area contributed by atoms with E-state index in [0.717, 1.165) is 23.6 Å². The van der Waals surface area contributed by atoms with E-state index in [1.807, 2.05) is 24.3 Å². The van der Waals surface area contributed by atoms with Gasteiger partial charge in [0.1, 0.15) is 0 Å². The van der Waals surface area contributed by atoms with Crippen LogP contribution in [0.25, 0.3) is 6.08 Å². The van der Waals surface area contributed by atoms with Gasteiger partial charge in [-0.25, -0.2) is 4.79 Å². The summed E-state index contributed by atoms with van der Waals surface area (Å²) in [6.45, 7) is 2.60. The summed E-state index contributed by atoms with van der Waals surface area (Å²) in [5, 5.41) is 11.4. The van der Waals surface area contributed by atoms with Crippen molar-refractivity contribution in [2.45, 2.75) is 19.9 Å². The first kappa shape index (κ1) is 13.3. The second-order valence-electron chi connectivity index (χ2n) is 4.95. The normalized spacial score (nSPS) is 21.3. The molecule has 2 atom stereocenters. The van der Waals surface area contributed by atoms with Crippen molar-refractivity contribution in [3.8, 4) is 0 Å². The van der Waals surface area contributed by atoms with Crippen LogP contribution in [0.5, 0.6) is 0 Å². The molecule has 1 aromatic rings. The molecule has 1 aromatic carbocycles. The molecule has 2 N–H and O–H groups in total. The van der Waals surface area contributed by atoms with Gasteiger partial charge in [0.15, 0.2) is 0 Å². The molecular weight excluding hydrogens is 242 g/mol. The van der Waals surface area contributed by atoms with Gasteiger partial charge in [-0.2, -0.15) is 0 Å². The molecule has 19 heavy (non-hydrogen) atoms. The van der Waals surface area contributed by atoms with E-state index in [4.69, 9.17) is 5.11 Å². The molecule has 1 aliphatic carbocycles. The summed E-state index contributed by atoms with van der Waals surface area (Å²) in [6.07, 6.45) is 3.63. The summed E-state index contributed by atoms with van der Waals surface area (Å²) in [5.74, 6) is -0.126. The smallest absolute Gasteiger partial charge is 0.328 e. The maximum atomic E-state index is 11.6. The van der Waals surface area contributed by atoms with E-state index in [2.05, 4.69) is 12.2 Å². The van der Waals surface area contributed by atoms with E-state index < -0.39 is 5.97 Å². The molecule has 1 fully saturated rings. The maximum absolute atomic E-state index is 11.6. The predicted octanol–water partition coefficient (Wildman–Crippen LogP) is 2.06. The van der Waals surface area contributed by atoms with Crippen LogP contribution in [0.1, 0.15) is 24.5 Å². The van der Waals surface area contributed by atoms with Crippen molar-refractivity contribution < 1.29 is 14.7 Å². The lowest BCUT2D eigenvalue weighted by Gasteiger charge is -2.05. The summed E-state index contributed by atoms with van der Waals surface area (Å²) in [6, 6.07) is 7.44. The molecule has 2 unspecified atom stereocenters. The minimum atomic E-state index is -0.963. The molecule has 2 rings (SSSR count). The van der Waals surface area contributed by atoms with Gasteiger partial charge in [-0.1, -0.05) is 31.2 Å². The molecule has 1 aliphatic rings. The first-order valence-electron chi connectivity index (χ1n) is 6.34. The first-order valence-corrected chi connectivity index (χ1v) is 6.34. The minimum Gasteiger partial charge on any atom is -0.478 e. The van der Waals surface area contributed by atoms with Crippen molar-refractivity contribution in [2.24, 2.45) is 11.8 Å². The van der Waals surface area contributed by atoms with Crippen LogP contribution in [0.3, 0.4) is 0 Å². The highest BCUT2D eigenvalue weighted by atomic mass is 16.4. The van der Waals surface area contributed by atoms with E-state index in [9.17, 15) is 9.59 Å². The van der Waals surface area contributed by atoms with Crippen LogP contribution in [0, 0.1) is 11.8 Å². The summed E-state index contributed by atoms with van der Waals surface area (Å²) in [7, 11) is 0. The van der Waals surface area contributed by atoms with Crippen LogP contribution in [0.15, 0.2) is 30.3 Å².